The number of carbonyl (C=O) groups excluding carboxylic acids is 2. The van der Waals surface area contributed by atoms with E-state index in [0.29, 0.717) is 148 Å². The molecule has 1 aliphatic rings. The van der Waals surface area contributed by atoms with Crippen molar-refractivity contribution in [2.24, 2.45) is 0 Å². The molecule has 79 heavy (non-hydrogen) atoms. The van der Waals surface area contributed by atoms with Crippen molar-refractivity contribution < 1.29 is 51.6 Å². The fourth-order valence-electron chi connectivity index (χ4n) is 8.48. The van der Waals surface area contributed by atoms with Crippen LogP contribution in [0, 0.1) is 5.82 Å². The third-order valence-electron chi connectivity index (χ3n) is 13.0. The molecule has 5 heterocycles. The van der Waals surface area contributed by atoms with Gasteiger partial charge < -0.3 is 53.7 Å². The number of nitrogens with one attached hydrogen (secondary N) is 2. The molecular weight excluding hydrogens is 1040 g/mol. The van der Waals surface area contributed by atoms with Gasteiger partial charge in [-0.3, -0.25) is 14.2 Å². The number of rotatable bonds is 33. The molecule has 8 rings (SSSR count). The van der Waals surface area contributed by atoms with Crippen LogP contribution in [-0.4, -0.2) is 167 Å². The second-order valence-corrected chi connectivity index (χ2v) is 20.0. The number of carbonyl (C=O) groups is 2. The van der Waals surface area contributed by atoms with Gasteiger partial charge in [0.2, 0.25) is 0 Å². The van der Waals surface area contributed by atoms with Crippen LogP contribution in [0.25, 0.3) is 22.1 Å². The summed E-state index contributed by atoms with van der Waals surface area (Å²) in [5.74, 6) is 0.671. The minimum atomic E-state index is -0.524. The molecule has 0 amide bonds. The van der Waals surface area contributed by atoms with Crippen molar-refractivity contribution in [3.63, 3.8) is 0 Å². The second kappa shape index (κ2) is 28.6. The molecular formula is C55H67ClFN12O10+. The maximum absolute atomic E-state index is 13.8. The van der Waals surface area contributed by atoms with E-state index in [1.807, 2.05) is 48.7 Å². The minimum Gasteiger partial charge on any atom is -0.488 e. The Balaban J connectivity index is 0.666. The lowest BCUT2D eigenvalue weighted by atomic mass is 10.0. The monoisotopic (exact) mass is 1110 g/mol. The molecule has 4 N–H and O–H groups in total. The van der Waals surface area contributed by atoms with Crippen LogP contribution in [0.1, 0.15) is 41.6 Å². The number of aromatic nitrogens is 9. The molecule has 1 atom stereocenters. The van der Waals surface area contributed by atoms with Crippen LogP contribution in [0.4, 0.5) is 21.7 Å². The Morgan fingerprint density at radius 3 is 2.49 bits per heavy atom. The first kappa shape index (κ1) is 57.9. The van der Waals surface area contributed by atoms with Crippen LogP contribution >= 0.6 is 11.6 Å². The number of hydrogen-bond acceptors (Lipinski definition) is 18. The van der Waals surface area contributed by atoms with Crippen LogP contribution in [0.5, 0.6) is 11.8 Å². The molecule has 7 aromatic rings. The smallest absolute Gasteiger partial charge is 0.328 e. The van der Waals surface area contributed by atoms with Gasteiger partial charge in [-0.25, -0.2) is 23.8 Å². The highest BCUT2D eigenvalue weighted by Gasteiger charge is 2.22. The van der Waals surface area contributed by atoms with Crippen LogP contribution < -0.4 is 26.2 Å². The highest BCUT2D eigenvalue weighted by molar-refractivity contribution is 6.31. The third-order valence-corrected chi connectivity index (χ3v) is 13.2. The molecule has 24 heteroatoms. The van der Waals surface area contributed by atoms with Crippen molar-refractivity contribution in [2.75, 3.05) is 111 Å². The molecule has 1 saturated heterocycles. The molecule has 0 aliphatic carbocycles. The number of nitrogens with zero attached hydrogens (tertiary/aromatic N) is 9. The van der Waals surface area contributed by atoms with Crippen LogP contribution in [0.15, 0.2) is 84.1 Å². The summed E-state index contributed by atoms with van der Waals surface area (Å²) in [4.78, 5) is 59.1. The van der Waals surface area contributed by atoms with Gasteiger partial charge in [0.05, 0.1) is 109 Å². The second-order valence-electron chi connectivity index (χ2n) is 19.6. The summed E-state index contributed by atoms with van der Waals surface area (Å²) in [5.41, 5.74) is 10.9. The maximum Gasteiger partial charge on any atom is 0.328 e. The standard InChI is InChI=1S/C55H66ClFN12O10/c1-69(2,18-4-5-43(71)29-39-30-45-48(32-49(39)79-44-16-20-77-35-44)59-36-60-52(45)61-40-12-15-47(57)46(56)31-40)19-22-75-25-27-76-26-24-74-21-17-67-34-41(65-66-67)11-14-42(70)13-10-37-6-8-38(9-7-37)33-68-53-50(62-55(68)72)51(58)63-54(64-53)78-28-23-73-3/h4-9,12,15,30-32,34,36,44H,10-11,13-14,16-29,33,35H2,1-3H3,(H3-,58,59,60,61,62,63,64,65,66,72)/p+1/b5-4+/t44-/m1/s1. The van der Waals surface area contributed by atoms with E-state index in [-0.39, 0.29) is 59.8 Å². The summed E-state index contributed by atoms with van der Waals surface area (Å²) in [7, 11) is 5.71. The minimum absolute atomic E-state index is 0.0186. The Labute approximate surface area is 460 Å². The molecule has 0 unspecified atom stereocenters. The van der Waals surface area contributed by atoms with E-state index in [2.05, 4.69) is 54.6 Å². The quantitative estimate of drug-likeness (QED) is 0.0255. The Bertz CT molecular complexity index is 3240. The number of anilines is 3. The van der Waals surface area contributed by atoms with E-state index in [4.69, 9.17) is 50.5 Å². The van der Waals surface area contributed by atoms with Gasteiger partial charge in [0, 0.05) is 61.7 Å². The Kier molecular flexibility index (Phi) is 20.9. The highest BCUT2D eigenvalue weighted by atomic mass is 35.5. The molecule has 0 saturated carbocycles. The number of nitrogens with two attached hydrogens (primary N) is 1. The van der Waals surface area contributed by atoms with Crippen molar-refractivity contribution in [3.8, 4) is 11.8 Å². The Morgan fingerprint density at radius 1 is 0.949 bits per heavy atom. The van der Waals surface area contributed by atoms with Crippen LogP contribution in [0.2, 0.25) is 5.02 Å². The molecule has 4 aromatic heterocycles. The molecule has 0 spiro atoms. The fourth-order valence-corrected chi connectivity index (χ4v) is 8.66. The Hall–Kier alpha value is -7.25. The van der Waals surface area contributed by atoms with Gasteiger partial charge in [-0.15, -0.1) is 5.10 Å². The maximum atomic E-state index is 13.8. The number of fused-ring (bicyclic) bond motifs is 2. The number of likely N-dealkylation sites (N-methyl/N-ethyl adjacent to an activating group) is 1. The summed E-state index contributed by atoms with van der Waals surface area (Å²) < 4.78 is 57.3. The fraction of sp³-hybridized carbons (Fsp3) is 0.436. The number of hydrogen-bond donors (Lipinski definition) is 3. The first-order valence-electron chi connectivity index (χ1n) is 26.1. The van der Waals surface area contributed by atoms with Gasteiger partial charge in [-0.1, -0.05) is 41.1 Å². The number of nitrogen functional groups attached to an aromatic ring is 1. The third kappa shape index (κ3) is 17.4. The number of imidazole rings is 1. The van der Waals surface area contributed by atoms with Crippen molar-refractivity contribution in [3.05, 3.63) is 123 Å². The number of halogens is 2. The SMILES string of the molecule is COCCOc1nc(N)c2[nH]c(=O)n(Cc3ccc(CCC(=O)CCc4cn(CCOCCOCCOCC[N+](C)(C)C/C=C/C(=O)Cc5cc6c(Nc7ccc(F)c(Cl)c7)ncnc6cc5O[C@@H]5CCOC5)nn4)cc3)c2n1. The summed E-state index contributed by atoms with van der Waals surface area (Å²) >= 11 is 6.03. The van der Waals surface area contributed by atoms with Crippen LogP contribution in [-0.2, 0) is 65.6 Å². The van der Waals surface area contributed by atoms with Gasteiger partial charge in [0.1, 0.15) is 54.3 Å². The largest absolute Gasteiger partial charge is 0.488 e. The molecule has 1 aliphatic heterocycles. The lowest BCUT2D eigenvalue weighted by molar-refractivity contribution is -0.884. The predicted molar refractivity (Wildman–Crippen MR) is 293 cm³/mol. The summed E-state index contributed by atoms with van der Waals surface area (Å²) in [6.45, 7) is 6.43. The normalized spacial score (nSPS) is 13.8. The molecule has 22 nitrogen and oxygen atoms in total. The number of Topliss-reactive ketones (excluding diaryl/α,β-unsaturated/α-hetero) is 1. The van der Waals surface area contributed by atoms with E-state index in [9.17, 15) is 18.8 Å². The number of quaternary nitrogens is 1. The lowest BCUT2D eigenvalue weighted by Gasteiger charge is -2.28. The van der Waals surface area contributed by atoms with E-state index in [1.165, 1.54) is 23.0 Å². The number of H-pyrrole nitrogens is 1. The summed E-state index contributed by atoms with van der Waals surface area (Å²) in [6.07, 6.45) is 9.30. The Morgan fingerprint density at radius 2 is 1.72 bits per heavy atom. The van der Waals surface area contributed by atoms with Gasteiger partial charge in [0.15, 0.2) is 17.2 Å². The van der Waals surface area contributed by atoms with E-state index in [0.717, 1.165) is 29.8 Å². The zero-order valence-electron chi connectivity index (χ0n) is 44.7. The number of benzene rings is 3. The number of allylic oxidation sites excluding steroid dienone is 1. The van der Waals surface area contributed by atoms with Crippen molar-refractivity contribution in [1.82, 2.24) is 44.5 Å². The summed E-state index contributed by atoms with van der Waals surface area (Å²) in [6, 6.07) is 15.8. The van der Waals surface area contributed by atoms with Gasteiger partial charge >= 0.3 is 11.7 Å². The summed E-state index contributed by atoms with van der Waals surface area (Å²) in [5, 5.41) is 12.3. The molecule has 3 aromatic carbocycles. The van der Waals surface area contributed by atoms with E-state index in [1.54, 1.807) is 23.9 Å². The number of ether oxygens (including phenoxy) is 7. The highest BCUT2D eigenvalue weighted by Crippen LogP contribution is 2.33. The van der Waals surface area contributed by atoms with Crippen molar-refractivity contribution >= 4 is 62.6 Å². The van der Waals surface area contributed by atoms with Crippen molar-refractivity contribution in [2.45, 2.75) is 57.7 Å². The molecule has 0 bridgehead atoms. The van der Waals surface area contributed by atoms with Crippen LogP contribution in [0.3, 0.4) is 0 Å². The zero-order valence-corrected chi connectivity index (χ0v) is 45.4. The molecule has 0 radical (unpaired) electrons. The molecule has 420 valence electrons. The lowest BCUT2D eigenvalue weighted by Crippen LogP contribution is -2.42. The number of ketones is 2. The average Bonchev–Trinajstić information content (AvgIpc) is 4.36. The topological polar surface area (TPSA) is 257 Å². The number of aromatic amines is 1. The van der Waals surface area contributed by atoms with E-state index < -0.39 is 5.82 Å². The average molecular weight is 1110 g/mol. The first-order valence-corrected chi connectivity index (χ1v) is 26.5. The van der Waals surface area contributed by atoms with E-state index >= 15 is 0 Å². The molecule has 1 fully saturated rings. The first-order chi connectivity index (χ1) is 38.3. The predicted octanol–water partition coefficient (Wildman–Crippen LogP) is 5.64. The van der Waals surface area contributed by atoms with Gasteiger partial charge in [-0.05, 0) is 60.4 Å². The number of aryl methyl sites for hydroxylation is 2. The number of methoxy groups -OCH3 is 1. The van der Waals surface area contributed by atoms with Gasteiger partial charge in [-0.2, -0.15) is 9.97 Å². The zero-order chi connectivity index (χ0) is 55.6. The van der Waals surface area contributed by atoms with Gasteiger partial charge in [0.25, 0.3) is 0 Å². The van der Waals surface area contributed by atoms with Crippen molar-refractivity contribution in [1.29, 1.82) is 0 Å².